The van der Waals surface area contributed by atoms with Crippen molar-refractivity contribution >= 4 is 5.69 Å². The molecule has 0 saturated heterocycles. The molecule has 2 aromatic heterocycles. The third-order valence-corrected chi connectivity index (χ3v) is 2.87. The van der Waals surface area contributed by atoms with Crippen LogP contribution in [0.15, 0.2) is 41.1 Å². The minimum atomic E-state index is -0.529. The van der Waals surface area contributed by atoms with Gasteiger partial charge in [-0.2, -0.15) is 0 Å². The van der Waals surface area contributed by atoms with Crippen LogP contribution in [0.3, 0.4) is 0 Å². The molecule has 4 heteroatoms. The quantitative estimate of drug-likeness (QED) is 0.881. The van der Waals surface area contributed by atoms with Gasteiger partial charge in [0.15, 0.2) is 0 Å². The Kier molecular flexibility index (Phi) is 3.99. The van der Waals surface area contributed by atoms with Crippen LogP contribution in [-0.4, -0.2) is 16.6 Å². The van der Waals surface area contributed by atoms with Gasteiger partial charge in [-0.3, -0.25) is 4.98 Å². The fourth-order valence-electron chi connectivity index (χ4n) is 1.81. The van der Waals surface area contributed by atoms with Crippen molar-refractivity contribution < 1.29 is 9.52 Å². The monoisotopic (exact) mass is 246 g/mol. The molecule has 2 heterocycles. The fourth-order valence-corrected chi connectivity index (χ4v) is 1.81. The van der Waals surface area contributed by atoms with Crippen LogP contribution in [0.2, 0.25) is 0 Å². The normalized spacial score (nSPS) is 12.4. The van der Waals surface area contributed by atoms with E-state index in [0.29, 0.717) is 5.69 Å². The van der Waals surface area contributed by atoms with Crippen LogP contribution in [-0.2, 0) is 6.54 Å². The molecule has 0 spiro atoms. The lowest BCUT2D eigenvalue weighted by atomic mass is 10.2. The maximum Gasteiger partial charge on any atom is 0.123 e. The Morgan fingerprint density at radius 1 is 1.39 bits per heavy atom. The highest BCUT2D eigenvalue weighted by molar-refractivity contribution is 5.44. The summed E-state index contributed by atoms with van der Waals surface area (Å²) in [5.74, 6) is 0.927. The summed E-state index contributed by atoms with van der Waals surface area (Å²) in [7, 11) is 0. The zero-order valence-corrected chi connectivity index (χ0v) is 10.7. The van der Waals surface area contributed by atoms with Crippen LogP contribution in [0.25, 0.3) is 0 Å². The van der Waals surface area contributed by atoms with Gasteiger partial charge >= 0.3 is 0 Å². The number of anilines is 1. The molecule has 1 N–H and O–H groups in total. The van der Waals surface area contributed by atoms with E-state index < -0.39 is 6.10 Å². The largest absolute Gasteiger partial charge is 0.467 e. The number of aliphatic hydroxyl groups excluding tert-OH is 1. The first-order valence-electron chi connectivity index (χ1n) is 6.12. The van der Waals surface area contributed by atoms with Gasteiger partial charge in [0.25, 0.3) is 0 Å². The average Bonchev–Trinajstić information content (AvgIpc) is 2.89. The average molecular weight is 246 g/mol. The molecular formula is C14H18N2O2. The van der Waals surface area contributed by atoms with Gasteiger partial charge in [-0.25, -0.2) is 0 Å². The van der Waals surface area contributed by atoms with Crippen molar-refractivity contribution in [3.8, 4) is 0 Å². The molecule has 2 aromatic rings. The number of rotatable bonds is 5. The number of hydrogen-bond acceptors (Lipinski definition) is 4. The summed E-state index contributed by atoms with van der Waals surface area (Å²) in [5, 5.41) is 9.43. The van der Waals surface area contributed by atoms with Crippen molar-refractivity contribution in [1.82, 2.24) is 4.98 Å². The molecule has 2 rings (SSSR count). The number of aromatic nitrogens is 1. The van der Waals surface area contributed by atoms with Crippen LogP contribution in [0.5, 0.6) is 0 Å². The van der Waals surface area contributed by atoms with Crippen LogP contribution >= 0.6 is 0 Å². The van der Waals surface area contributed by atoms with Crippen LogP contribution in [0.1, 0.15) is 31.4 Å². The van der Waals surface area contributed by atoms with Gasteiger partial charge in [-0.05, 0) is 38.1 Å². The van der Waals surface area contributed by atoms with Crippen molar-refractivity contribution in [3.05, 3.63) is 48.2 Å². The molecule has 0 amide bonds. The highest BCUT2D eigenvalue weighted by atomic mass is 16.3. The fraction of sp³-hybridized carbons (Fsp3) is 0.357. The Balaban J connectivity index is 2.12. The number of pyridine rings is 1. The minimum Gasteiger partial charge on any atom is -0.467 e. The topological polar surface area (TPSA) is 49.5 Å². The molecular weight excluding hydrogens is 228 g/mol. The molecule has 0 bridgehead atoms. The lowest BCUT2D eigenvalue weighted by Gasteiger charge is -2.21. The van der Waals surface area contributed by atoms with Gasteiger partial charge < -0.3 is 14.4 Å². The second-order valence-corrected chi connectivity index (χ2v) is 4.21. The molecule has 0 aliphatic heterocycles. The van der Waals surface area contributed by atoms with Crippen LogP contribution in [0, 0.1) is 0 Å². The third-order valence-electron chi connectivity index (χ3n) is 2.87. The Morgan fingerprint density at radius 3 is 2.72 bits per heavy atom. The SMILES string of the molecule is CCN(Cc1ccco1)c1ccc([C@H](C)O)nc1. The Bertz CT molecular complexity index is 463. The number of hydrogen-bond donors (Lipinski definition) is 1. The van der Waals surface area contributed by atoms with Gasteiger partial charge in [0, 0.05) is 6.54 Å². The number of furan rings is 1. The van der Waals surface area contributed by atoms with E-state index in [9.17, 15) is 5.11 Å². The Labute approximate surface area is 107 Å². The summed E-state index contributed by atoms with van der Waals surface area (Å²) < 4.78 is 5.35. The molecule has 0 saturated carbocycles. The van der Waals surface area contributed by atoms with Crippen molar-refractivity contribution in [2.24, 2.45) is 0 Å². The van der Waals surface area contributed by atoms with E-state index in [4.69, 9.17) is 4.42 Å². The minimum absolute atomic E-state index is 0.529. The van der Waals surface area contributed by atoms with Gasteiger partial charge in [0.1, 0.15) is 5.76 Å². The van der Waals surface area contributed by atoms with E-state index in [0.717, 1.165) is 24.5 Å². The molecule has 0 aromatic carbocycles. The van der Waals surface area contributed by atoms with Crippen molar-refractivity contribution in [2.75, 3.05) is 11.4 Å². The van der Waals surface area contributed by atoms with Crippen LogP contribution < -0.4 is 4.90 Å². The summed E-state index contributed by atoms with van der Waals surface area (Å²) in [4.78, 5) is 6.42. The van der Waals surface area contributed by atoms with E-state index in [1.807, 2.05) is 24.3 Å². The zero-order valence-electron chi connectivity index (χ0n) is 10.7. The molecule has 0 unspecified atom stereocenters. The van der Waals surface area contributed by atoms with E-state index in [1.165, 1.54) is 0 Å². The highest BCUT2D eigenvalue weighted by Crippen LogP contribution is 2.18. The summed E-state index contributed by atoms with van der Waals surface area (Å²) in [6.07, 6.45) is 2.94. The van der Waals surface area contributed by atoms with Gasteiger partial charge in [-0.1, -0.05) is 0 Å². The number of nitrogens with zero attached hydrogens (tertiary/aromatic N) is 2. The molecule has 0 aliphatic rings. The first kappa shape index (κ1) is 12.6. The first-order valence-corrected chi connectivity index (χ1v) is 6.12. The second kappa shape index (κ2) is 5.69. The second-order valence-electron chi connectivity index (χ2n) is 4.21. The highest BCUT2D eigenvalue weighted by Gasteiger charge is 2.08. The predicted molar refractivity (Wildman–Crippen MR) is 70.3 cm³/mol. The van der Waals surface area contributed by atoms with E-state index in [2.05, 4.69) is 16.8 Å². The third kappa shape index (κ3) is 2.90. The summed E-state index contributed by atoms with van der Waals surface area (Å²) in [5.41, 5.74) is 1.71. The maximum absolute atomic E-state index is 9.43. The van der Waals surface area contributed by atoms with Crippen molar-refractivity contribution in [3.63, 3.8) is 0 Å². The first-order chi connectivity index (χ1) is 8.70. The van der Waals surface area contributed by atoms with E-state index in [-0.39, 0.29) is 0 Å². The van der Waals surface area contributed by atoms with E-state index >= 15 is 0 Å². The standard InChI is InChI=1S/C14H18N2O2/c1-3-16(10-13-5-4-8-18-13)12-6-7-14(11(2)17)15-9-12/h4-9,11,17H,3,10H2,1-2H3/t11-/m0/s1. The molecule has 18 heavy (non-hydrogen) atoms. The summed E-state index contributed by atoms with van der Waals surface area (Å²) in [6.45, 7) is 5.39. The molecule has 0 radical (unpaired) electrons. The molecule has 0 aliphatic carbocycles. The van der Waals surface area contributed by atoms with Gasteiger partial charge in [0.05, 0.1) is 36.5 Å². The number of aliphatic hydroxyl groups is 1. The Hall–Kier alpha value is -1.81. The smallest absolute Gasteiger partial charge is 0.123 e. The lowest BCUT2D eigenvalue weighted by Crippen LogP contribution is -2.21. The summed E-state index contributed by atoms with van der Waals surface area (Å²) in [6, 6.07) is 7.67. The van der Waals surface area contributed by atoms with Crippen LogP contribution in [0.4, 0.5) is 5.69 Å². The molecule has 0 fully saturated rings. The maximum atomic E-state index is 9.43. The van der Waals surface area contributed by atoms with Crippen molar-refractivity contribution in [1.29, 1.82) is 0 Å². The predicted octanol–water partition coefficient (Wildman–Crippen LogP) is 2.75. The van der Waals surface area contributed by atoms with E-state index in [1.54, 1.807) is 19.4 Å². The summed E-state index contributed by atoms with van der Waals surface area (Å²) >= 11 is 0. The Morgan fingerprint density at radius 2 is 2.22 bits per heavy atom. The molecule has 4 nitrogen and oxygen atoms in total. The lowest BCUT2D eigenvalue weighted by molar-refractivity contribution is 0.194. The van der Waals surface area contributed by atoms with Gasteiger partial charge in [0.2, 0.25) is 0 Å². The molecule has 1 atom stereocenters. The molecule has 96 valence electrons. The zero-order chi connectivity index (χ0) is 13.0. The van der Waals surface area contributed by atoms with Gasteiger partial charge in [-0.15, -0.1) is 0 Å². The van der Waals surface area contributed by atoms with Crippen molar-refractivity contribution in [2.45, 2.75) is 26.5 Å².